The molecule has 19 heavy (non-hydrogen) atoms. The number of likely N-dealkylation sites (N-methyl/N-ethyl adjacent to an activating group) is 2. The van der Waals surface area contributed by atoms with Crippen LogP contribution in [-0.2, 0) is 11.3 Å². The van der Waals surface area contributed by atoms with Gasteiger partial charge in [0.25, 0.3) is 0 Å². The molecule has 1 aromatic heterocycles. The Morgan fingerprint density at radius 2 is 2.11 bits per heavy atom. The molecule has 0 radical (unpaired) electrons. The van der Waals surface area contributed by atoms with Crippen molar-refractivity contribution >= 4 is 11.7 Å². The summed E-state index contributed by atoms with van der Waals surface area (Å²) >= 11 is 0. The van der Waals surface area contributed by atoms with Crippen LogP contribution in [0.3, 0.4) is 0 Å². The Kier molecular flexibility index (Phi) is 6.81. The highest BCUT2D eigenvalue weighted by Gasteiger charge is 2.09. The van der Waals surface area contributed by atoms with Crippen LogP contribution in [0.2, 0.25) is 0 Å². The fraction of sp³-hybridized carbons (Fsp3) is 0.615. The Morgan fingerprint density at radius 1 is 1.32 bits per heavy atom. The predicted octanol–water partition coefficient (Wildman–Crippen LogP) is 0.866. The van der Waals surface area contributed by atoms with Crippen LogP contribution in [0, 0.1) is 0 Å². The highest BCUT2D eigenvalue weighted by molar-refractivity contribution is 5.77. The first-order valence-electron chi connectivity index (χ1n) is 6.67. The Balaban J connectivity index is 2.52. The molecule has 2 N–H and O–H groups in total. The molecule has 1 amide bonds. The first-order valence-corrected chi connectivity index (χ1v) is 6.67. The van der Waals surface area contributed by atoms with Gasteiger partial charge in [0.15, 0.2) is 0 Å². The van der Waals surface area contributed by atoms with E-state index in [1.165, 1.54) is 0 Å². The largest absolute Gasteiger partial charge is 0.369 e. The SMILES string of the molecule is CCCNc1cnc(CN(CC)CC(=O)NC)cn1. The van der Waals surface area contributed by atoms with Crippen LogP contribution in [0.5, 0.6) is 0 Å². The molecule has 0 saturated carbocycles. The molecule has 0 saturated heterocycles. The lowest BCUT2D eigenvalue weighted by Gasteiger charge is -2.18. The van der Waals surface area contributed by atoms with Crippen molar-refractivity contribution in [1.82, 2.24) is 20.2 Å². The molecule has 0 aliphatic carbocycles. The molecule has 0 unspecified atom stereocenters. The van der Waals surface area contributed by atoms with Crippen LogP contribution in [0.15, 0.2) is 12.4 Å². The van der Waals surface area contributed by atoms with Gasteiger partial charge in [0, 0.05) is 20.1 Å². The number of carbonyl (C=O) groups excluding carboxylic acids is 1. The molecule has 6 heteroatoms. The molecule has 6 nitrogen and oxygen atoms in total. The van der Waals surface area contributed by atoms with Gasteiger partial charge in [0.05, 0.1) is 24.6 Å². The molecular formula is C13H23N5O. The van der Waals surface area contributed by atoms with E-state index in [0.717, 1.165) is 31.0 Å². The van der Waals surface area contributed by atoms with Crippen LogP contribution >= 0.6 is 0 Å². The molecule has 0 aliphatic heterocycles. The van der Waals surface area contributed by atoms with Crippen LogP contribution < -0.4 is 10.6 Å². The zero-order valence-corrected chi connectivity index (χ0v) is 11.9. The standard InChI is InChI=1S/C13H23N5O/c1-4-6-15-12-8-16-11(7-17-12)9-18(5-2)10-13(19)14-3/h7-8H,4-6,9-10H2,1-3H3,(H,14,19)(H,15,17). The molecule has 0 spiro atoms. The first kappa shape index (κ1) is 15.4. The van der Waals surface area contributed by atoms with Gasteiger partial charge in [0.2, 0.25) is 5.91 Å². The summed E-state index contributed by atoms with van der Waals surface area (Å²) in [6.45, 7) is 6.83. The zero-order valence-electron chi connectivity index (χ0n) is 11.9. The zero-order chi connectivity index (χ0) is 14.1. The van der Waals surface area contributed by atoms with E-state index in [9.17, 15) is 4.79 Å². The maximum Gasteiger partial charge on any atom is 0.233 e. The second-order valence-corrected chi connectivity index (χ2v) is 4.30. The molecule has 0 atom stereocenters. The summed E-state index contributed by atoms with van der Waals surface area (Å²) in [5, 5.41) is 5.80. The maximum absolute atomic E-state index is 11.3. The van der Waals surface area contributed by atoms with Gasteiger partial charge in [-0.1, -0.05) is 13.8 Å². The molecule has 0 aromatic carbocycles. The van der Waals surface area contributed by atoms with E-state index in [-0.39, 0.29) is 5.91 Å². The summed E-state index contributed by atoms with van der Waals surface area (Å²) in [5.74, 6) is 0.802. The molecular weight excluding hydrogens is 242 g/mol. The number of aromatic nitrogens is 2. The quantitative estimate of drug-likeness (QED) is 0.730. The van der Waals surface area contributed by atoms with Gasteiger partial charge in [-0.2, -0.15) is 0 Å². The highest BCUT2D eigenvalue weighted by atomic mass is 16.1. The number of anilines is 1. The summed E-state index contributed by atoms with van der Waals surface area (Å²) in [4.78, 5) is 22.0. The molecule has 0 bridgehead atoms. The minimum Gasteiger partial charge on any atom is -0.369 e. The number of rotatable bonds is 8. The van der Waals surface area contributed by atoms with Crippen LogP contribution in [-0.4, -0.2) is 47.5 Å². The monoisotopic (exact) mass is 265 g/mol. The van der Waals surface area contributed by atoms with Gasteiger partial charge < -0.3 is 10.6 Å². The Labute approximate surface area is 114 Å². The summed E-state index contributed by atoms with van der Waals surface area (Å²) in [6, 6.07) is 0. The van der Waals surface area contributed by atoms with Gasteiger partial charge in [-0.3, -0.25) is 14.7 Å². The van der Waals surface area contributed by atoms with Gasteiger partial charge in [-0.15, -0.1) is 0 Å². The number of hydrogen-bond donors (Lipinski definition) is 2. The van der Waals surface area contributed by atoms with E-state index >= 15 is 0 Å². The van der Waals surface area contributed by atoms with Gasteiger partial charge in [0.1, 0.15) is 5.82 Å². The molecule has 0 aliphatic rings. The van der Waals surface area contributed by atoms with Gasteiger partial charge in [-0.25, -0.2) is 4.98 Å². The summed E-state index contributed by atoms with van der Waals surface area (Å²) in [7, 11) is 1.64. The summed E-state index contributed by atoms with van der Waals surface area (Å²) in [6.07, 6.45) is 4.54. The van der Waals surface area contributed by atoms with Crippen molar-refractivity contribution in [3.05, 3.63) is 18.1 Å². The van der Waals surface area contributed by atoms with E-state index in [2.05, 4.69) is 27.5 Å². The second-order valence-electron chi connectivity index (χ2n) is 4.30. The molecule has 106 valence electrons. The Bertz CT molecular complexity index is 379. The van der Waals surface area contributed by atoms with Gasteiger partial charge >= 0.3 is 0 Å². The van der Waals surface area contributed by atoms with Crippen molar-refractivity contribution in [2.75, 3.05) is 32.0 Å². The third kappa shape index (κ3) is 5.65. The fourth-order valence-corrected chi connectivity index (χ4v) is 1.57. The molecule has 1 aromatic rings. The van der Waals surface area contributed by atoms with Crippen molar-refractivity contribution in [2.45, 2.75) is 26.8 Å². The Hall–Kier alpha value is -1.69. The van der Waals surface area contributed by atoms with Gasteiger partial charge in [-0.05, 0) is 13.0 Å². The lowest BCUT2D eigenvalue weighted by atomic mass is 10.3. The normalized spacial score (nSPS) is 10.5. The molecule has 1 heterocycles. The van der Waals surface area contributed by atoms with Crippen molar-refractivity contribution in [3.63, 3.8) is 0 Å². The van der Waals surface area contributed by atoms with E-state index in [0.29, 0.717) is 13.1 Å². The third-order valence-corrected chi connectivity index (χ3v) is 2.74. The van der Waals surface area contributed by atoms with Crippen LogP contribution in [0.1, 0.15) is 26.0 Å². The highest BCUT2D eigenvalue weighted by Crippen LogP contribution is 2.04. The number of hydrogen-bond acceptors (Lipinski definition) is 5. The summed E-state index contributed by atoms with van der Waals surface area (Å²) in [5.41, 5.74) is 0.868. The number of nitrogens with one attached hydrogen (secondary N) is 2. The number of carbonyl (C=O) groups is 1. The van der Waals surface area contributed by atoms with E-state index in [1.807, 2.05) is 11.8 Å². The van der Waals surface area contributed by atoms with E-state index in [4.69, 9.17) is 0 Å². The minimum absolute atomic E-state index is 0.0102. The fourth-order valence-electron chi connectivity index (χ4n) is 1.57. The Morgan fingerprint density at radius 3 is 2.63 bits per heavy atom. The van der Waals surface area contributed by atoms with Crippen molar-refractivity contribution in [1.29, 1.82) is 0 Å². The summed E-state index contributed by atoms with van der Waals surface area (Å²) < 4.78 is 0. The molecule has 1 rings (SSSR count). The van der Waals surface area contributed by atoms with Crippen LogP contribution in [0.25, 0.3) is 0 Å². The minimum atomic E-state index is 0.0102. The average molecular weight is 265 g/mol. The van der Waals surface area contributed by atoms with E-state index < -0.39 is 0 Å². The third-order valence-electron chi connectivity index (χ3n) is 2.74. The predicted molar refractivity (Wildman–Crippen MR) is 75.8 cm³/mol. The topological polar surface area (TPSA) is 70.2 Å². The smallest absolute Gasteiger partial charge is 0.233 e. The lowest BCUT2D eigenvalue weighted by molar-refractivity contribution is -0.121. The number of amides is 1. The maximum atomic E-state index is 11.3. The van der Waals surface area contributed by atoms with Crippen molar-refractivity contribution < 1.29 is 4.79 Å². The number of nitrogens with zero attached hydrogens (tertiary/aromatic N) is 3. The first-order chi connectivity index (χ1) is 9.19. The second kappa shape index (κ2) is 8.42. The van der Waals surface area contributed by atoms with E-state index in [1.54, 1.807) is 19.4 Å². The lowest BCUT2D eigenvalue weighted by Crippen LogP contribution is -2.35. The molecule has 0 fully saturated rings. The average Bonchev–Trinajstić information content (AvgIpc) is 2.45. The van der Waals surface area contributed by atoms with Crippen molar-refractivity contribution in [3.8, 4) is 0 Å². The van der Waals surface area contributed by atoms with Crippen LogP contribution in [0.4, 0.5) is 5.82 Å². The van der Waals surface area contributed by atoms with Crippen molar-refractivity contribution in [2.24, 2.45) is 0 Å².